The van der Waals surface area contributed by atoms with Gasteiger partial charge < -0.3 is 14.9 Å². The van der Waals surface area contributed by atoms with Gasteiger partial charge in [0.15, 0.2) is 0 Å². The Kier molecular flexibility index (Phi) is 5.58. The first-order chi connectivity index (χ1) is 4.70. The Labute approximate surface area is 61.6 Å². The van der Waals surface area contributed by atoms with Gasteiger partial charge in [-0.2, -0.15) is 0 Å². The first-order valence-corrected chi connectivity index (χ1v) is 3.52. The van der Waals surface area contributed by atoms with E-state index in [-0.39, 0.29) is 18.8 Å². The molecule has 0 bridgehead atoms. The molecule has 2 unspecified atom stereocenters. The number of hydrogen-bond donors (Lipinski definition) is 2. The van der Waals surface area contributed by atoms with E-state index in [4.69, 9.17) is 14.9 Å². The van der Waals surface area contributed by atoms with Crippen LogP contribution < -0.4 is 0 Å². The molecule has 0 fully saturated rings. The Bertz CT molecular complexity index is 69.3. The van der Waals surface area contributed by atoms with Gasteiger partial charge in [-0.05, 0) is 19.8 Å². The minimum absolute atomic E-state index is 0.0310. The molecule has 3 heteroatoms. The second kappa shape index (κ2) is 5.65. The predicted molar refractivity (Wildman–Crippen MR) is 38.8 cm³/mol. The van der Waals surface area contributed by atoms with Crippen LogP contribution in [0.3, 0.4) is 0 Å². The molecule has 62 valence electrons. The second-order valence-corrected chi connectivity index (χ2v) is 2.47. The van der Waals surface area contributed by atoms with Crippen molar-refractivity contribution in [2.45, 2.75) is 32.0 Å². The molecule has 0 aromatic heterocycles. The molecule has 3 nitrogen and oxygen atoms in total. The van der Waals surface area contributed by atoms with Crippen LogP contribution >= 0.6 is 0 Å². The molecule has 0 radical (unpaired) electrons. The number of hydrogen-bond acceptors (Lipinski definition) is 3. The molecule has 2 atom stereocenters. The highest BCUT2D eigenvalue weighted by atomic mass is 16.5. The first-order valence-electron chi connectivity index (χ1n) is 3.52. The van der Waals surface area contributed by atoms with E-state index in [9.17, 15) is 0 Å². The number of aliphatic hydroxyl groups excluding tert-OH is 2. The molecule has 0 heterocycles. The standard InChI is InChI=1S/C7H16O3/c1-6(9)3-4-7(5-8)10-2/h6-9H,3-5H2,1-2H3. The Morgan fingerprint density at radius 3 is 2.30 bits per heavy atom. The summed E-state index contributed by atoms with van der Waals surface area (Å²) in [5, 5.41) is 17.5. The van der Waals surface area contributed by atoms with Crippen molar-refractivity contribution in [1.29, 1.82) is 0 Å². The lowest BCUT2D eigenvalue weighted by molar-refractivity contribution is 0.0328. The highest BCUT2D eigenvalue weighted by Gasteiger charge is 2.06. The molecule has 0 aliphatic carbocycles. The van der Waals surface area contributed by atoms with Crippen LogP contribution in [0, 0.1) is 0 Å². The third-order valence-corrected chi connectivity index (χ3v) is 1.44. The van der Waals surface area contributed by atoms with Crippen molar-refractivity contribution in [3.8, 4) is 0 Å². The van der Waals surface area contributed by atoms with Crippen molar-refractivity contribution in [1.82, 2.24) is 0 Å². The number of rotatable bonds is 5. The maximum atomic E-state index is 8.86. The number of ether oxygens (including phenoxy) is 1. The summed E-state index contributed by atoms with van der Waals surface area (Å²) in [6.07, 6.45) is 0.975. The Hall–Kier alpha value is -0.120. The summed E-state index contributed by atoms with van der Waals surface area (Å²) in [6.45, 7) is 1.76. The van der Waals surface area contributed by atoms with Gasteiger partial charge in [0.1, 0.15) is 0 Å². The molecule has 0 spiro atoms. The molecular weight excluding hydrogens is 132 g/mol. The zero-order valence-electron chi connectivity index (χ0n) is 6.58. The van der Waals surface area contributed by atoms with Gasteiger partial charge in [0.25, 0.3) is 0 Å². The van der Waals surface area contributed by atoms with Crippen LogP contribution in [-0.2, 0) is 4.74 Å². The second-order valence-electron chi connectivity index (χ2n) is 2.47. The third kappa shape index (κ3) is 4.73. The van der Waals surface area contributed by atoms with Crippen molar-refractivity contribution in [2.75, 3.05) is 13.7 Å². The van der Waals surface area contributed by atoms with E-state index in [0.29, 0.717) is 12.8 Å². The maximum absolute atomic E-state index is 8.86. The summed E-state index contributed by atoms with van der Waals surface area (Å²) in [7, 11) is 1.56. The Balaban J connectivity index is 3.26. The van der Waals surface area contributed by atoms with Gasteiger partial charge in [-0.1, -0.05) is 0 Å². The zero-order valence-corrected chi connectivity index (χ0v) is 6.58. The average Bonchev–Trinajstić information content (AvgIpc) is 1.90. The summed E-state index contributed by atoms with van der Waals surface area (Å²) in [5.74, 6) is 0. The summed E-state index contributed by atoms with van der Waals surface area (Å²) in [4.78, 5) is 0. The molecule has 0 aliphatic heterocycles. The maximum Gasteiger partial charge on any atom is 0.0802 e. The monoisotopic (exact) mass is 148 g/mol. The SMILES string of the molecule is COC(CO)CCC(C)O. The van der Waals surface area contributed by atoms with Gasteiger partial charge in [0.05, 0.1) is 18.8 Å². The van der Waals surface area contributed by atoms with Crippen LogP contribution in [0.15, 0.2) is 0 Å². The van der Waals surface area contributed by atoms with E-state index in [2.05, 4.69) is 0 Å². The highest BCUT2D eigenvalue weighted by Crippen LogP contribution is 2.02. The van der Waals surface area contributed by atoms with Gasteiger partial charge >= 0.3 is 0 Å². The van der Waals surface area contributed by atoms with Crippen LogP contribution in [0.4, 0.5) is 0 Å². The molecule has 10 heavy (non-hydrogen) atoms. The molecule has 0 amide bonds. The largest absolute Gasteiger partial charge is 0.394 e. The minimum atomic E-state index is -0.302. The topological polar surface area (TPSA) is 49.7 Å². The van der Waals surface area contributed by atoms with E-state index >= 15 is 0 Å². The number of aliphatic hydroxyl groups is 2. The fourth-order valence-corrected chi connectivity index (χ4v) is 0.711. The Morgan fingerprint density at radius 1 is 1.40 bits per heavy atom. The summed E-state index contributed by atoms with van der Waals surface area (Å²) < 4.78 is 4.89. The molecule has 0 saturated heterocycles. The molecule has 0 saturated carbocycles. The van der Waals surface area contributed by atoms with Gasteiger partial charge in [-0.15, -0.1) is 0 Å². The van der Waals surface area contributed by atoms with E-state index in [0.717, 1.165) is 0 Å². The zero-order chi connectivity index (χ0) is 7.98. The Morgan fingerprint density at radius 2 is 2.00 bits per heavy atom. The normalized spacial score (nSPS) is 16.8. The first kappa shape index (κ1) is 9.88. The smallest absolute Gasteiger partial charge is 0.0802 e. The third-order valence-electron chi connectivity index (χ3n) is 1.44. The van der Waals surface area contributed by atoms with Crippen molar-refractivity contribution < 1.29 is 14.9 Å². The van der Waals surface area contributed by atoms with Gasteiger partial charge in [0.2, 0.25) is 0 Å². The lowest BCUT2D eigenvalue weighted by Gasteiger charge is -2.12. The van der Waals surface area contributed by atoms with E-state index < -0.39 is 0 Å². The highest BCUT2D eigenvalue weighted by molar-refractivity contribution is 4.57. The average molecular weight is 148 g/mol. The van der Waals surface area contributed by atoms with Gasteiger partial charge in [-0.3, -0.25) is 0 Å². The molecular formula is C7H16O3. The molecule has 0 aromatic rings. The van der Waals surface area contributed by atoms with E-state index in [1.807, 2.05) is 0 Å². The van der Waals surface area contributed by atoms with Crippen molar-refractivity contribution in [3.63, 3.8) is 0 Å². The summed E-state index contributed by atoms with van der Waals surface area (Å²) in [5.41, 5.74) is 0. The minimum Gasteiger partial charge on any atom is -0.394 e. The summed E-state index contributed by atoms with van der Waals surface area (Å²) in [6, 6.07) is 0. The van der Waals surface area contributed by atoms with E-state index in [1.165, 1.54) is 0 Å². The molecule has 0 aliphatic rings. The fraction of sp³-hybridized carbons (Fsp3) is 1.00. The van der Waals surface area contributed by atoms with Crippen LogP contribution in [0.25, 0.3) is 0 Å². The lowest BCUT2D eigenvalue weighted by atomic mass is 10.1. The van der Waals surface area contributed by atoms with Crippen molar-refractivity contribution >= 4 is 0 Å². The van der Waals surface area contributed by atoms with Crippen LogP contribution in [0.2, 0.25) is 0 Å². The molecule has 0 rings (SSSR count). The lowest BCUT2D eigenvalue weighted by Crippen LogP contribution is -2.17. The molecule has 2 N–H and O–H groups in total. The van der Waals surface area contributed by atoms with Crippen molar-refractivity contribution in [2.24, 2.45) is 0 Å². The van der Waals surface area contributed by atoms with Crippen LogP contribution in [-0.4, -0.2) is 36.1 Å². The summed E-state index contributed by atoms with van der Waals surface area (Å²) >= 11 is 0. The van der Waals surface area contributed by atoms with Crippen LogP contribution in [0.5, 0.6) is 0 Å². The predicted octanol–water partition coefficient (Wildman–Crippen LogP) is 0.155. The van der Waals surface area contributed by atoms with Crippen molar-refractivity contribution in [3.05, 3.63) is 0 Å². The van der Waals surface area contributed by atoms with Gasteiger partial charge in [-0.25, -0.2) is 0 Å². The van der Waals surface area contributed by atoms with E-state index in [1.54, 1.807) is 14.0 Å². The molecule has 0 aromatic carbocycles. The fourth-order valence-electron chi connectivity index (χ4n) is 0.711. The van der Waals surface area contributed by atoms with Crippen LogP contribution in [0.1, 0.15) is 19.8 Å². The quantitative estimate of drug-likeness (QED) is 0.583. The number of methoxy groups -OCH3 is 1. The van der Waals surface area contributed by atoms with Gasteiger partial charge in [0, 0.05) is 7.11 Å².